The Morgan fingerprint density at radius 2 is 1.91 bits per heavy atom. The van der Waals surface area contributed by atoms with E-state index in [1.807, 2.05) is 30.6 Å². The van der Waals surface area contributed by atoms with Crippen molar-refractivity contribution in [3.8, 4) is 0 Å². The van der Waals surface area contributed by atoms with E-state index in [-0.39, 0.29) is 6.10 Å². The molecule has 0 bridgehead atoms. The number of oxime groups is 1. The molecule has 0 radical (unpaired) electrons. The molecule has 0 N–H and O–H groups in total. The van der Waals surface area contributed by atoms with Gasteiger partial charge in [0.25, 0.3) is 0 Å². The molecule has 0 aliphatic carbocycles. The molecule has 2 aromatic rings. The highest BCUT2D eigenvalue weighted by atomic mass is 16.6. The SMILES string of the molecule is CCc1ncc(CN2C[C@@H]3ON=C(c4ccccc4)[C@H]3C2)cn1. The number of benzene rings is 1. The summed E-state index contributed by atoms with van der Waals surface area (Å²) in [7, 11) is 0. The van der Waals surface area contributed by atoms with Crippen molar-refractivity contribution < 1.29 is 4.84 Å². The van der Waals surface area contributed by atoms with E-state index in [9.17, 15) is 0 Å². The first-order valence-electron chi connectivity index (χ1n) is 8.14. The van der Waals surface area contributed by atoms with Gasteiger partial charge >= 0.3 is 0 Å². The summed E-state index contributed by atoms with van der Waals surface area (Å²) in [4.78, 5) is 16.8. The van der Waals surface area contributed by atoms with Crippen LogP contribution in [0.5, 0.6) is 0 Å². The van der Waals surface area contributed by atoms with E-state index in [0.29, 0.717) is 5.92 Å². The summed E-state index contributed by atoms with van der Waals surface area (Å²) in [5, 5.41) is 4.32. The molecule has 4 rings (SSSR count). The maximum Gasteiger partial charge on any atom is 0.149 e. The lowest BCUT2D eigenvalue weighted by molar-refractivity contribution is 0.0745. The largest absolute Gasteiger partial charge is 0.390 e. The fraction of sp³-hybridized carbons (Fsp3) is 0.389. The Morgan fingerprint density at radius 3 is 2.65 bits per heavy atom. The maximum atomic E-state index is 5.66. The monoisotopic (exact) mass is 308 g/mol. The van der Waals surface area contributed by atoms with Crippen molar-refractivity contribution in [2.75, 3.05) is 13.1 Å². The normalized spacial score (nSPS) is 23.4. The van der Waals surface area contributed by atoms with Crippen LogP contribution < -0.4 is 0 Å². The molecule has 2 aliphatic heterocycles. The van der Waals surface area contributed by atoms with E-state index in [1.165, 1.54) is 0 Å². The highest BCUT2D eigenvalue weighted by molar-refractivity contribution is 6.03. The Hall–Kier alpha value is -2.27. The van der Waals surface area contributed by atoms with E-state index >= 15 is 0 Å². The van der Waals surface area contributed by atoms with E-state index in [0.717, 1.165) is 48.7 Å². The Morgan fingerprint density at radius 1 is 1.13 bits per heavy atom. The van der Waals surface area contributed by atoms with Gasteiger partial charge < -0.3 is 4.84 Å². The molecule has 0 saturated carbocycles. The summed E-state index contributed by atoms with van der Waals surface area (Å²) in [6.07, 6.45) is 4.92. The number of likely N-dealkylation sites (tertiary alicyclic amines) is 1. The number of aryl methyl sites for hydroxylation is 1. The minimum Gasteiger partial charge on any atom is -0.390 e. The number of rotatable bonds is 4. The van der Waals surface area contributed by atoms with Crippen molar-refractivity contribution in [2.45, 2.75) is 26.0 Å². The number of fused-ring (bicyclic) bond motifs is 1. The van der Waals surface area contributed by atoms with Crippen molar-refractivity contribution in [3.63, 3.8) is 0 Å². The van der Waals surface area contributed by atoms with E-state index in [2.05, 4.69) is 39.1 Å². The molecule has 23 heavy (non-hydrogen) atoms. The Bertz CT molecular complexity index is 699. The molecular weight excluding hydrogens is 288 g/mol. The average Bonchev–Trinajstić information content (AvgIpc) is 3.16. The molecule has 0 spiro atoms. The molecule has 1 aromatic heterocycles. The van der Waals surface area contributed by atoms with E-state index in [1.54, 1.807) is 0 Å². The molecule has 3 heterocycles. The first kappa shape index (κ1) is 14.3. The van der Waals surface area contributed by atoms with Gasteiger partial charge in [0, 0.05) is 44.0 Å². The van der Waals surface area contributed by atoms with Gasteiger partial charge in [0.1, 0.15) is 11.9 Å². The summed E-state index contributed by atoms with van der Waals surface area (Å²) < 4.78 is 0. The number of nitrogens with zero attached hydrogens (tertiary/aromatic N) is 4. The Labute approximate surface area is 136 Å². The van der Waals surface area contributed by atoms with Crippen LogP contribution in [0.3, 0.4) is 0 Å². The summed E-state index contributed by atoms with van der Waals surface area (Å²) in [6.45, 7) is 4.80. The van der Waals surface area contributed by atoms with Crippen molar-refractivity contribution in [1.82, 2.24) is 14.9 Å². The predicted molar refractivity (Wildman–Crippen MR) is 88.0 cm³/mol. The molecule has 1 aromatic carbocycles. The number of hydrogen-bond acceptors (Lipinski definition) is 5. The fourth-order valence-corrected chi connectivity index (χ4v) is 3.32. The van der Waals surface area contributed by atoms with Crippen LogP contribution in [0.25, 0.3) is 0 Å². The Balaban J connectivity index is 1.44. The quantitative estimate of drug-likeness (QED) is 0.869. The summed E-state index contributed by atoms with van der Waals surface area (Å²) in [5.74, 6) is 1.25. The summed E-state index contributed by atoms with van der Waals surface area (Å²) in [5.41, 5.74) is 3.40. The first-order chi connectivity index (χ1) is 11.3. The third kappa shape index (κ3) is 2.84. The maximum absolute atomic E-state index is 5.66. The van der Waals surface area contributed by atoms with Crippen LogP contribution in [-0.4, -0.2) is 39.8 Å². The molecule has 118 valence electrons. The van der Waals surface area contributed by atoms with Gasteiger partial charge in [-0.3, -0.25) is 4.90 Å². The predicted octanol–water partition coefficient (Wildman–Crippen LogP) is 2.27. The second kappa shape index (κ2) is 6.08. The first-order valence-corrected chi connectivity index (χ1v) is 8.14. The van der Waals surface area contributed by atoms with Crippen molar-refractivity contribution >= 4 is 5.71 Å². The van der Waals surface area contributed by atoms with E-state index in [4.69, 9.17) is 4.84 Å². The van der Waals surface area contributed by atoms with Gasteiger partial charge in [0.2, 0.25) is 0 Å². The zero-order chi connectivity index (χ0) is 15.6. The molecular formula is C18H20N4O. The highest BCUT2D eigenvalue weighted by Crippen LogP contribution is 2.30. The molecule has 5 heteroatoms. The van der Waals surface area contributed by atoms with E-state index < -0.39 is 0 Å². The van der Waals surface area contributed by atoms with Gasteiger partial charge in [0.15, 0.2) is 0 Å². The summed E-state index contributed by atoms with van der Waals surface area (Å²) in [6, 6.07) is 10.3. The van der Waals surface area contributed by atoms with Crippen molar-refractivity contribution in [2.24, 2.45) is 11.1 Å². The molecule has 2 aliphatic rings. The molecule has 1 fully saturated rings. The van der Waals surface area contributed by atoms with Gasteiger partial charge in [-0.05, 0) is 5.56 Å². The molecule has 1 saturated heterocycles. The van der Waals surface area contributed by atoms with Crippen LogP contribution in [0.1, 0.15) is 23.9 Å². The zero-order valence-corrected chi connectivity index (χ0v) is 13.2. The van der Waals surface area contributed by atoms with Gasteiger partial charge in [-0.15, -0.1) is 0 Å². The fourth-order valence-electron chi connectivity index (χ4n) is 3.32. The lowest BCUT2D eigenvalue weighted by Crippen LogP contribution is -2.23. The number of hydrogen-bond donors (Lipinski definition) is 0. The third-order valence-electron chi connectivity index (χ3n) is 4.53. The van der Waals surface area contributed by atoms with Gasteiger partial charge in [-0.2, -0.15) is 0 Å². The van der Waals surface area contributed by atoms with Gasteiger partial charge in [-0.1, -0.05) is 42.4 Å². The molecule has 0 unspecified atom stereocenters. The van der Waals surface area contributed by atoms with Gasteiger partial charge in [-0.25, -0.2) is 9.97 Å². The minimum absolute atomic E-state index is 0.168. The van der Waals surface area contributed by atoms with Crippen LogP contribution in [0, 0.1) is 5.92 Å². The average molecular weight is 308 g/mol. The molecule has 2 atom stereocenters. The van der Waals surface area contributed by atoms with Crippen molar-refractivity contribution in [1.29, 1.82) is 0 Å². The lowest BCUT2D eigenvalue weighted by atomic mass is 9.95. The van der Waals surface area contributed by atoms with Crippen LogP contribution in [-0.2, 0) is 17.8 Å². The minimum atomic E-state index is 0.168. The zero-order valence-electron chi connectivity index (χ0n) is 13.2. The van der Waals surface area contributed by atoms with Crippen LogP contribution in [0.4, 0.5) is 0 Å². The third-order valence-corrected chi connectivity index (χ3v) is 4.53. The molecule has 5 nitrogen and oxygen atoms in total. The van der Waals surface area contributed by atoms with Gasteiger partial charge in [0.05, 0.1) is 11.6 Å². The standard InChI is InChI=1S/C18H20N4O/c1-2-17-19-8-13(9-20-17)10-22-11-15-16(12-22)23-21-18(15)14-6-4-3-5-7-14/h3-9,15-16H,2,10-12H2,1H3/t15-,16-/m0/s1. The smallest absolute Gasteiger partial charge is 0.149 e. The van der Waals surface area contributed by atoms with Crippen molar-refractivity contribution in [3.05, 3.63) is 59.7 Å². The summed E-state index contributed by atoms with van der Waals surface area (Å²) >= 11 is 0. The highest BCUT2D eigenvalue weighted by Gasteiger charge is 2.42. The number of aromatic nitrogens is 2. The second-order valence-corrected chi connectivity index (χ2v) is 6.15. The topological polar surface area (TPSA) is 50.6 Å². The molecule has 0 amide bonds. The lowest BCUT2D eigenvalue weighted by Gasteiger charge is -2.16. The second-order valence-electron chi connectivity index (χ2n) is 6.15. The van der Waals surface area contributed by atoms with Crippen LogP contribution >= 0.6 is 0 Å². The Kier molecular flexibility index (Phi) is 3.79. The van der Waals surface area contributed by atoms with Crippen LogP contribution in [0.15, 0.2) is 47.9 Å². The van der Waals surface area contributed by atoms with Crippen LogP contribution in [0.2, 0.25) is 0 Å².